The SMILES string of the molecule is CCNC(=S)C(C(=O)c1ccc([N+](=O)[O-])cc1)[n+]1ccc2c(c1)CCCC2. The van der Waals surface area contributed by atoms with Gasteiger partial charge in [-0.05, 0) is 50.3 Å². The van der Waals surface area contributed by atoms with E-state index in [1.54, 1.807) is 0 Å². The highest BCUT2D eigenvalue weighted by atomic mass is 32.1. The Morgan fingerprint density at radius 3 is 2.52 bits per heavy atom. The summed E-state index contributed by atoms with van der Waals surface area (Å²) in [6.45, 7) is 2.55. The zero-order chi connectivity index (χ0) is 19.4. The summed E-state index contributed by atoms with van der Waals surface area (Å²) in [5.41, 5.74) is 2.94. The number of hydrogen-bond acceptors (Lipinski definition) is 4. The third-order valence-corrected chi connectivity index (χ3v) is 5.18. The maximum Gasteiger partial charge on any atom is 0.270 e. The van der Waals surface area contributed by atoms with Crippen LogP contribution < -0.4 is 9.88 Å². The van der Waals surface area contributed by atoms with Crippen molar-refractivity contribution in [3.8, 4) is 0 Å². The zero-order valence-electron chi connectivity index (χ0n) is 15.2. The highest BCUT2D eigenvalue weighted by molar-refractivity contribution is 7.80. The Hall–Kier alpha value is -2.67. The summed E-state index contributed by atoms with van der Waals surface area (Å²) < 4.78 is 1.86. The minimum absolute atomic E-state index is 0.0428. The van der Waals surface area contributed by atoms with Crippen molar-refractivity contribution < 1.29 is 14.3 Å². The van der Waals surface area contributed by atoms with Gasteiger partial charge in [-0.2, -0.15) is 4.57 Å². The standard InChI is InChI=1S/C20H21N3O3S/c1-2-21-20(27)18(19(24)15-7-9-17(10-8-15)23(25)26)22-12-11-14-5-3-4-6-16(14)13-22/h7-13,18H,2-6H2,1H3/p+1. The zero-order valence-corrected chi connectivity index (χ0v) is 16.0. The first-order chi connectivity index (χ1) is 13.0. The van der Waals surface area contributed by atoms with Crippen LogP contribution in [0.5, 0.6) is 0 Å². The molecule has 1 aromatic heterocycles. The molecule has 0 amide bonds. The molecule has 27 heavy (non-hydrogen) atoms. The lowest BCUT2D eigenvalue weighted by Gasteiger charge is -2.17. The Balaban J connectivity index is 1.97. The summed E-state index contributed by atoms with van der Waals surface area (Å²) in [4.78, 5) is 24.0. The van der Waals surface area contributed by atoms with Crippen LogP contribution in [0.4, 0.5) is 5.69 Å². The van der Waals surface area contributed by atoms with Gasteiger partial charge in [-0.15, -0.1) is 0 Å². The second-order valence-corrected chi connectivity index (χ2v) is 7.05. The molecule has 0 saturated carbocycles. The fraction of sp³-hybridized carbons (Fsp3) is 0.350. The molecule has 1 aromatic carbocycles. The topological polar surface area (TPSA) is 76.1 Å². The second-order valence-electron chi connectivity index (χ2n) is 6.61. The number of nitrogens with one attached hydrogen (secondary N) is 1. The summed E-state index contributed by atoms with van der Waals surface area (Å²) in [6.07, 6.45) is 8.33. The number of rotatable bonds is 6. The fourth-order valence-corrected chi connectivity index (χ4v) is 3.79. The molecule has 0 fully saturated rings. The van der Waals surface area contributed by atoms with E-state index in [1.165, 1.54) is 41.8 Å². The molecule has 0 spiro atoms. The van der Waals surface area contributed by atoms with Crippen molar-refractivity contribution in [3.05, 3.63) is 69.5 Å². The average Bonchev–Trinajstić information content (AvgIpc) is 2.68. The number of non-ortho nitro benzene ring substituents is 1. The predicted molar refractivity (Wildman–Crippen MR) is 106 cm³/mol. The molecule has 1 aliphatic rings. The monoisotopic (exact) mass is 384 g/mol. The van der Waals surface area contributed by atoms with Crippen molar-refractivity contribution in [2.75, 3.05) is 6.54 Å². The molecule has 0 radical (unpaired) electrons. The summed E-state index contributed by atoms with van der Waals surface area (Å²) in [6, 6.07) is 7.06. The number of Topliss-reactive ketones (excluding diaryl/α,β-unsaturated/α-hetero) is 1. The van der Waals surface area contributed by atoms with Crippen molar-refractivity contribution in [2.24, 2.45) is 0 Å². The molecule has 0 aliphatic heterocycles. The van der Waals surface area contributed by atoms with E-state index in [9.17, 15) is 14.9 Å². The molecule has 6 nitrogen and oxygen atoms in total. The van der Waals surface area contributed by atoms with Crippen LogP contribution in [0.3, 0.4) is 0 Å². The van der Waals surface area contributed by atoms with Crippen LogP contribution in [0.1, 0.15) is 47.3 Å². The number of nitro groups is 1. The number of nitro benzene ring substituents is 1. The molecule has 3 rings (SSSR count). The second kappa shape index (κ2) is 8.35. The molecule has 0 saturated heterocycles. The molecule has 1 atom stereocenters. The van der Waals surface area contributed by atoms with Crippen LogP contribution >= 0.6 is 12.2 Å². The van der Waals surface area contributed by atoms with E-state index in [0.29, 0.717) is 17.1 Å². The Bertz CT molecular complexity index is 881. The Morgan fingerprint density at radius 1 is 1.22 bits per heavy atom. The molecule has 1 unspecified atom stereocenters. The van der Waals surface area contributed by atoms with E-state index in [1.807, 2.05) is 23.9 Å². The van der Waals surface area contributed by atoms with Crippen LogP contribution in [0.2, 0.25) is 0 Å². The predicted octanol–water partition coefficient (Wildman–Crippen LogP) is 3.12. The number of nitrogens with zero attached hydrogens (tertiary/aromatic N) is 2. The third kappa shape index (κ3) is 4.19. The number of likely N-dealkylation sites (N-methyl/N-ethyl adjacent to an activating group) is 1. The van der Waals surface area contributed by atoms with Crippen molar-refractivity contribution in [1.82, 2.24) is 5.32 Å². The Labute approximate surface area is 163 Å². The highest BCUT2D eigenvalue weighted by Crippen LogP contribution is 2.21. The quantitative estimate of drug-likeness (QED) is 0.272. The summed E-state index contributed by atoms with van der Waals surface area (Å²) in [5.74, 6) is -0.184. The smallest absolute Gasteiger partial charge is 0.270 e. The van der Waals surface area contributed by atoms with E-state index < -0.39 is 11.0 Å². The number of ketones is 1. The summed E-state index contributed by atoms with van der Waals surface area (Å²) in [7, 11) is 0. The number of benzene rings is 1. The molecule has 1 aliphatic carbocycles. The summed E-state index contributed by atoms with van der Waals surface area (Å²) >= 11 is 5.49. The number of hydrogen-bond donors (Lipinski definition) is 1. The molecular formula is C20H22N3O3S+. The van der Waals surface area contributed by atoms with Gasteiger partial charge in [-0.1, -0.05) is 12.2 Å². The van der Waals surface area contributed by atoms with Crippen molar-refractivity contribution in [1.29, 1.82) is 0 Å². The van der Waals surface area contributed by atoms with Gasteiger partial charge in [0.15, 0.2) is 17.4 Å². The Kier molecular flexibility index (Phi) is 5.91. The molecule has 140 valence electrons. The number of aromatic nitrogens is 1. The first-order valence-corrected chi connectivity index (χ1v) is 9.51. The summed E-state index contributed by atoms with van der Waals surface area (Å²) in [5, 5.41) is 13.9. The van der Waals surface area contributed by atoms with E-state index in [0.717, 1.165) is 19.3 Å². The maximum atomic E-state index is 13.2. The number of carbonyl (C=O) groups excluding carboxylic acids is 1. The lowest BCUT2D eigenvalue weighted by atomic mass is 9.93. The van der Waals surface area contributed by atoms with E-state index >= 15 is 0 Å². The van der Waals surface area contributed by atoms with Crippen LogP contribution in [0, 0.1) is 10.1 Å². The van der Waals surface area contributed by atoms with Crippen molar-refractivity contribution >= 4 is 28.7 Å². The van der Waals surface area contributed by atoms with Crippen LogP contribution in [0.15, 0.2) is 42.7 Å². The average molecular weight is 384 g/mol. The molecule has 7 heteroatoms. The van der Waals surface area contributed by atoms with Crippen molar-refractivity contribution in [2.45, 2.75) is 38.6 Å². The first kappa shape index (κ1) is 19.1. The minimum Gasteiger partial charge on any atom is -0.374 e. The van der Waals surface area contributed by atoms with E-state index in [4.69, 9.17) is 12.2 Å². The minimum atomic E-state index is -0.673. The van der Waals surface area contributed by atoms with E-state index in [2.05, 4.69) is 11.4 Å². The number of aryl methyl sites for hydroxylation is 2. The van der Waals surface area contributed by atoms with Crippen LogP contribution in [-0.4, -0.2) is 22.2 Å². The lowest BCUT2D eigenvalue weighted by molar-refractivity contribution is -0.692. The molecule has 2 aromatic rings. The number of pyridine rings is 1. The fourth-order valence-electron chi connectivity index (χ4n) is 3.42. The van der Waals surface area contributed by atoms with Gasteiger partial charge in [0, 0.05) is 35.9 Å². The van der Waals surface area contributed by atoms with Gasteiger partial charge in [-0.25, -0.2) is 0 Å². The number of fused-ring (bicyclic) bond motifs is 1. The number of thiocarbonyl (C=S) groups is 1. The molecule has 1 N–H and O–H groups in total. The van der Waals surface area contributed by atoms with Crippen molar-refractivity contribution in [3.63, 3.8) is 0 Å². The van der Waals surface area contributed by atoms with Gasteiger partial charge < -0.3 is 5.32 Å². The molecule has 0 bridgehead atoms. The normalized spacial score (nSPS) is 14.1. The van der Waals surface area contributed by atoms with Gasteiger partial charge in [-0.3, -0.25) is 14.9 Å². The van der Waals surface area contributed by atoms with Gasteiger partial charge in [0.05, 0.1) is 4.92 Å². The molecular weight excluding hydrogens is 362 g/mol. The van der Waals surface area contributed by atoms with Crippen LogP contribution in [0.25, 0.3) is 0 Å². The van der Waals surface area contributed by atoms with Gasteiger partial charge in [0.25, 0.3) is 11.7 Å². The molecule has 1 heterocycles. The number of carbonyl (C=O) groups is 1. The first-order valence-electron chi connectivity index (χ1n) is 9.10. The third-order valence-electron chi connectivity index (χ3n) is 4.82. The maximum absolute atomic E-state index is 13.2. The highest BCUT2D eigenvalue weighted by Gasteiger charge is 2.34. The van der Waals surface area contributed by atoms with Gasteiger partial charge in [0.1, 0.15) is 0 Å². The largest absolute Gasteiger partial charge is 0.374 e. The van der Waals surface area contributed by atoms with Gasteiger partial charge >= 0.3 is 0 Å². The Morgan fingerprint density at radius 2 is 1.89 bits per heavy atom. The van der Waals surface area contributed by atoms with Gasteiger partial charge in [0.2, 0.25) is 5.78 Å². The van der Waals surface area contributed by atoms with E-state index in [-0.39, 0.29) is 11.5 Å². The lowest BCUT2D eigenvalue weighted by Crippen LogP contribution is -2.51. The van der Waals surface area contributed by atoms with Crippen LogP contribution in [-0.2, 0) is 12.8 Å².